The van der Waals surface area contributed by atoms with E-state index in [2.05, 4.69) is 17.2 Å². The van der Waals surface area contributed by atoms with Crippen molar-refractivity contribution in [1.82, 2.24) is 5.32 Å². The molecular formula is C16H19FN2O2. The molecule has 0 bridgehead atoms. The Morgan fingerprint density at radius 3 is 3.00 bits per heavy atom. The molecule has 1 saturated heterocycles. The maximum atomic E-state index is 14.0. The molecule has 1 aliphatic rings. The van der Waals surface area contributed by atoms with E-state index in [4.69, 9.17) is 10.5 Å². The van der Waals surface area contributed by atoms with Gasteiger partial charge in [-0.05, 0) is 38.0 Å². The average Bonchev–Trinajstić information content (AvgIpc) is 2.45. The lowest BCUT2D eigenvalue weighted by atomic mass is 9.94. The lowest BCUT2D eigenvalue weighted by molar-refractivity contribution is 0.0271. The van der Waals surface area contributed by atoms with E-state index in [0.29, 0.717) is 18.8 Å². The molecule has 2 rings (SSSR count). The number of benzene rings is 1. The van der Waals surface area contributed by atoms with Crippen LogP contribution >= 0.6 is 0 Å². The van der Waals surface area contributed by atoms with Crippen LogP contribution in [-0.4, -0.2) is 31.2 Å². The van der Waals surface area contributed by atoms with E-state index >= 15 is 0 Å². The van der Waals surface area contributed by atoms with Crippen molar-refractivity contribution in [3.05, 3.63) is 35.1 Å². The van der Waals surface area contributed by atoms with Gasteiger partial charge in [-0.3, -0.25) is 4.79 Å². The van der Waals surface area contributed by atoms with Crippen molar-refractivity contribution in [3.8, 4) is 11.8 Å². The highest BCUT2D eigenvalue weighted by Gasteiger charge is 2.30. The zero-order valence-corrected chi connectivity index (χ0v) is 12.0. The van der Waals surface area contributed by atoms with Crippen molar-refractivity contribution >= 4 is 5.91 Å². The first-order chi connectivity index (χ1) is 10.0. The van der Waals surface area contributed by atoms with Gasteiger partial charge in [-0.25, -0.2) is 4.39 Å². The Morgan fingerprint density at radius 2 is 2.38 bits per heavy atom. The number of hydrogen-bond donors (Lipinski definition) is 2. The SMILES string of the molecule is CC1(NC(=O)c2ccc(C#CCN)cc2F)CCCOC1. The number of rotatable bonds is 2. The maximum Gasteiger partial charge on any atom is 0.254 e. The molecular weight excluding hydrogens is 271 g/mol. The average molecular weight is 290 g/mol. The van der Waals surface area contributed by atoms with Gasteiger partial charge in [0.15, 0.2) is 0 Å². The van der Waals surface area contributed by atoms with E-state index in [1.165, 1.54) is 12.1 Å². The van der Waals surface area contributed by atoms with Crippen molar-refractivity contribution in [3.63, 3.8) is 0 Å². The van der Waals surface area contributed by atoms with Gasteiger partial charge in [-0.1, -0.05) is 11.8 Å². The molecule has 0 saturated carbocycles. The number of nitrogens with one attached hydrogen (secondary N) is 1. The normalized spacial score (nSPS) is 21.3. The van der Waals surface area contributed by atoms with E-state index in [1.54, 1.807) is 6.07 Å². The smallest absolute Gasteiger partial charge is 0.254 e. The summed E-state index contributed by atoms with van der Waals surface area (Å²) in [5, 5.41) is 2.86. The third-order valence-electron chi connectivity index (χ3n) is 3.40. The van der Waals surface area contributed by atoms with Gasteiger partial charge < -0.3 is 15.8 Å². The van der Waals surface area contributed by atoms with Crippen LogP contribution in [0.15, 0.2) is 18.2 Å². The number of halogens is 1. The molecule has 0 radical (unpaired) electrons. The van der Waals surface area contributed by atoms with Crippen LogP contribution in [0.5, 0.6) is 0 Å². The number of carbonyl (C=O) groups excluding carboxylic acids is 1. The fourth-order valence-electron chi connectivity index (χ4n) is 2.30. The number of nitrogens with two attached hydrogens (primary N) is 1. The van der Waals surface area contributed by atoms with Crippen LogP contribution in [0.4, 0.5) is 4.39 Å². The largest absolute Gasteiger partial charge is 0.379 e. The van der Waals surface area contributed by atoms with Crippen LogP contribution in [0.3, 0.4) is 0 Å². The van der Waals surface area contributed by atoms with Gasteiger partial charge in [0.05, 0.1) is 24.3 Å². The lowest BCUT2D eigenvalue weighted by Gasteiger charge is -2.34. The Labute approximate surface area is 123 Å². The van der Waals surface area contributed by atoms with Crippen LogP contribution in [0, 0.1) is 17.7 Å². The monoisotopic (exact) mass is 290 g/mol. The van der Waals surface area contributed by atoms with Crippen molar-refractivity contribution in [1.29, 1.82) is 0 Å². The molecule has 1 amide bonds. The second kappa shape index (κ2) is 6.70. The summed E-state index contributed by atoms with van der Waals surface area (Å²) in [6.45, 7) is 3.26. The van der Waals surface area contributed by atoms with E-state index in [0.717, 1.165) is 12.8 Å². The molecule has 0 spiro atoms. The summed E-state index contributed by atoms with van der Waals surface area (Å²) in [4.78, 5) is 12.2. The highest BCUT2D eigenvalue weighted by molar-refractivity contribution is 5.95. The fourth-order valence-corrected chi connectivity index (χ4v) is 2.30. The zero-order valence-electron chi connectivity index (χ0n) is 12.0. The van der Waals surface area contributed by atoms with Crippen LogP contribution in [0.2, 0.25) is 0 Å². The Bertz CT molecular complexity index is 584. The molecule has 1 atom stereocenters. The summed E-state index contributed by atoms with van der Waals surface area (Å²) in [7, 11) is 0. The topological polar surface area (TPSA) is 64.4 Å². The molecule has 1 aliphatic heterocycles. The molecule has 112 valence electrons. The van der Waals surface area contributed by atoms with Gasteiger partial charge in [-0.2, -0.15) is 0 Å². The van der Waals surface area contributed by atoms with E-state index in [9.17, 15) is 9.18 Å². The highest BCUT2D eigenvalue weighted by atomic mass is 19.1. The predicted octanol–water partition coefficient (Wildman–Crippen LogP) is 1.43. The lowest BCUT2D eigenvalue weighted by Crippen LogP contribution is -2.51. The minimum absolute atomic E-state index is 0.0140. The van der Waals surface area contributed by atoms with Gasteiger partial charge in [0.2, 0.25) is 0 Å². The van der Waals surface area contributed by atoms with Gasteiger partial charge >= 0.3 is 0 Å². The standard InChI is InChI=1S/C16H19FN2O2/c1-16(7-3-9-21-11-16)19-15(20)13-6-5-12(4-2-8-18)10-14(13)17/h5-6,10H,3,7-9,11,18H2,1H3,(H,19,20). The maximum absolute atomic E-state index is 14.0. The van der Waals surface area contributed by atoms with Crippen LogP contribution in [0.25, 0.3) is 0 Å². The zero-order chi connectivity index (χ0) is 15.3. The van der Waals surface area contributed by atoms with Crippen molar-refractivity contribution < 1.29 is 13.9 Å². The van der Waals surface area contributed by atoms with Gasteiger partial charge in [-0.15, -0.1) is 0 Å². The van der Waals surface area contributed by atoms with Crippen LogP contribution in [0.1, 0.15) is 35.7 Å². The molecule has 1 aromatic carbocycles. The summed E-state index contributed by atoms with van der Waals surface area (Å²) in [5.74, 6) is 4.36. The summed E-state index contributed by atoms with van der Waals surface area (Å²) >= 11 is 0. The van der Waals surface area contributed by atoms with Crippen molar-refractivity contribution in [2.45, 2.75) is 25.3 Å². The summed E-state index contributed by atoms with van der Waals surface area (Å²) in [5.41, 5.74) is 5.34. The number of ether oxygens (including phenoxy) is 1. The first-order valence-corrected chi connectivity index (χ1v) is 6.93. The molecule has 1 aromatic rings. The van der Waals surface area contributed by atoms with E-state index in [-0.39, 0.29) is 12.1 Å². The molecule has 21 heavy (non-hydrogen) atoms. The second-order valence-corrected chi connectivity index (χ2v) is 5.37. The quantitative estimate of drug-likeness (QED) is 0.810. The Morgan fingerprint density at radius 1 is 1.57 bits per heavy atom. The number of amides is 1. The van der Waals surface area contributed by atoms with E-state index < -0.39 is 17.3 Å². The fraction of sp³-hybridized carbons (Fsp3) is 0.438. The minimum atomic E-state index is -0.586. The molecule has 5 heteroatoms. The first kappa shape index (κ1) is 15.5. The van der Waals surface area contributed by atoms with Crippen molar-refractivity contribution in [2.24, 2.45) is 5.73 Å². The molecule has 1 heterocycles. The summed E-state index contributed by atoms with van der Waals surface area (Å²) in [6, 6.07) is 4.30. The molecule has 0 aliphatic carbocycles. The van der Waals surface area contributed by atoms with Crippen molar-refractivity contribution in [2.75, 3.05) is 19.8 Å². The first-order valence-electron chi connectivity index (χ1n) is 6.93. The van der Waals surface area contributed by atoms with E-state index in [1.807, 2.05) is 6.92 Å². The van der Waals surface area contributed by atoms with Gasteiger partial charge in [0, 0.05) is 12.2 Å². The summed E-state index contributed by atoms with van der Waals surface area (Å²) < 4.78 is 19.4. The van der Waals surface area contributed by atoms with Crippen LogP contribution < -0.4 is 11.1 Å². The third kappa shape index (κ3) is 4.03. The van der Waals surface area contributed by atoms with Gasteiger partial charge in [0.1, 0.15) is 5.82 Å². The molecule has 0 aromatic heterocycles. The predicted molar refractivity (Wildman–Crippen MR) is 78.3 cm³/mol. The highest BCUT2D eigenvalue weighted by Crippen LogP contribution is 2.19. The third-order valence-corrected chi connectivity index (χ3v) is 3.40. The Balaban J connectivity index is 2.12. The second-order valence-electron chi connectivity index (χ2n) is 5.37. The number of hydrogen-bond acceptors (Lipinski definition) is 3. The molecule has 3 N–H and O–H groups in total. The minimum Gasteiger partial charge on any atom is -0.379 e. The Hall–Kier alpha value is -1.90. The van der Waals surface area contributed by atoms with Gasteiger partial charge in [0.25, 0.3) is 5.91 Å². The van der Waals surface area contributed by atoms with Crippen LogP contribution in [-0.2, 0) is 4.74 Å². The number of carbonyl (C=O) groups is 1. The summed E-state index contributed by atoms with van der Waals surface area (Å²) in [6.07, 6.45) is 1.70. The molecule has 1 fully saturated rings. The Kier molecular flexibility index (Phi) is 4.94. The molecule has 1 unspecified atom stereocenters. The molecule has 4 nitrogen and oxygen atoms in total.